The predicted molar refractivity (Wildman–Crippen MR) is 187 cm³/mol. The van der Waals surface area contributed by atoms with Gasteiger partial charge in [0.2, 0.25) is 5.91 Å². The van der Waals surface area contributed by atoms with Crippen molar-refractivity contribution >= 4 is 47.0 Å². The Kier molecular flexibility index (Phi) is 11.1. The fourth-order valence-electron chi connectivity index (χ4n) is 6.64. The van der Waals surface area contributed by atoms with Crippen LogP contribution in [0.5, 0.6) is 5.75 Å². The van der Waals surface area contributed by atoms with Gasteiger partial charge in [-0.3, -0.25) is 20.0 Å². The Bertz CT molecular complexity index is 1780. The molecule has 0 aromatic heterocycles. The summed E-state index contributed by atoms with van der Waals surface area (Å²) in [6.07, 6.45) is -3.33. The Labute approximate surface area is 303 Å². The summed E-state index contributed by atoms with van der Waals surface area (Å²) < 4.78 is 47.2. The molecule has 2 unspecified atom stereocenters. The average Bonchev–Trinajstić information content (AvgIpc) is 3.52. The Morgan fingerprint density at radius 1 is 0.882 bits per heavy atom. The maximum atomic E-state index is 14.7. The van der Waals surface area contributed by atoms with Crippen LogP contribution in [0.2, 0.25) is 10.0 Å². The lowest BCUT2D eigenvalue weighted by Crippen LogP contribution is -2.57. The number of nitrogens with one attached hydrogen (secondary N) is 2. The van der Waals surface area contributed by atoms with E-state index in [-0.39, 0.29) is 61.8 Å². The van der Waals surface area contributed by atoms with Crippen molar-refractivity contribution in [3.05, 3.63) is 99.0 Å². The number of hydrogen-bond acceptors (Lipinski definition) is 6. The number of hydrogen-bond donors (Lipinski definition) is 2. The van der Waals surface area contributed by atoms with E-state index in [2.05, 4.69) is 10.6 Å². The van der Waals surface area contributed by atoms with E-state index >= 15 is 0 Å². The summed E-state index contributed by atoms with van der Waals surface area (Å²) in [5.41, 5.74) is 0.716. The second kappa shape index (κ2) is 15.5. The van der Waals surface area contributed by atoms with Crippen molar-refractivity contribution in [3.8, 4) is 5.75 Å². The number of amidine groups is 1. The normalized spacial score (nSPS) is 19.9. The molecule has 2 fully saturated rings. The van der Waals surface area contributed by atoms with Crippen LogP contribution in [0.15, 0.2) is 71.7 Å². The molecule has 0 saturated carbocycles. The van der Waals surface area contributed by atoms with Gasteiger partial charge in [0.25, 0.3) is 0 Å². The summed E-state index contributed by atoms with van der Waals surface area (Å²) in [4.78, 5) is 50.1. The first-order chi connectivity index (χ1) is 24.4. The Balaban J connectivity index is 1.34. The fourth-order valence-corrected chi connectivity index (χ4v) is 6.89. The lowest BCUT2D eigenvalue weighted by Gasteiger charge is -2.39. The van der Waals surface area contributed by atoms with Crippen LogP contribution >= 0.6 is 23.2 Å². The van der Waals surface area contributed by atoms with Crippen molar-refractivity contribution in [2.45, 2.75) is 38.0 Å². The van der Waals surface area contributed by atoms with Crippen LogP contribution in [-0.4, -0.2) is 84.4 Å². The Morgan fingerprint density at radius 2 is 1.47 bits per heavy atom. The number of piperazine rings is 1. The molecule has 51 heavy (non-hydrogen) atoms. The van der Waals surface area contributed by atoms with Crippen molar-refractivity contribution < 1.29 is 32.3 Å². The van der Waals surface area contributed by atoms with E-state index in [9.17, 15) is 27.6 Å². The van der Waals surface area contributed by atoms with Gasteiger partial charge in [-0.2, -0.15) is 13.2 Å². The van der Waals surface area contributed by atoms with Crippen molar-refractivity contribution in [1.82, 2.24) is 25.3 Å². The molecule has 2 N–H and O–H groups in total. The largest absolute Gasteiger partial charge is 0.493 e. The van der Waals surface area contributed by atoms with Gasteiger partial charge in [-0.15, -0.1) is 0 Å². The number of alkyl halides is 3. The van der Waals surface area contributed by atoms with Crippen LogP contribution in [0, 0.1) is 5.92 Å². The number of aliphatic imine (C=N–C) groups is 1. The minimum absolute atomic E-state index is 0.0704. The first-order valence-corrected chi connectivity index (χ1v) is 17.5. The molecule has 3 aliphatic heterocycles. The lowest BCUT2D eigenvalue weighted by atomic mass is 9.93. The summed E-state index contributed by atoms with van der Waals surface area (Å²) in [7, 11) is 0. The topological polar surface area (TPSA) is 107 Å². The summed E-state index contributed by atoms with van der Waals surface area (Å²) in [6.45, 7) is 3.76. The minimum Gasteiger partial charge on any atom is -0.493 e. The molecule has 2 saturated heterocycles. The van der Waals surface area contributed by atoms with Gasteiger partial charge in [-0.05, 0) is 86.4 Å². The highest BCUT2D eigenvalue weighted by Gasteiger charge is 2.45. The smallest absolute Gasteiger partial charge is 0.416 e. The third-order valence-electron chi connectivity index (χ3n) is 9.32. The number of rotatable bonds is 6. The van der Waals surface area contributed by atoms with Crippen LogP contribution in [0.3, 0.4) is 0 Å². The van der Waals surface area contributed by atoms with Crippen LogP contribution in [0.1, 0.15) is 54.1 Å². The Morgan fingerprint density at radius 3 is 2.06 bits per heavy atom. The lowest BCUT2D eigenvalue weighted by molar-refractivity contribution is -0.137. The molecular weight excluding hydrogens is 708 g/mol. The maximum absolute atomic E-state index is 14.7. The third kappa shape index (κ3) is 8.10. The summed E-state index contributed by atoms with van der Waals surface area (Å²) in [5.74, 6) is -0.491. The van der Waals surface area contributed by atoms with Gasteiger partial charge in [-0.25, -0.2) is 9.59 Å². The molecule has 0 aliphatic carbocycles. The average molecular weight is 746 g/mol. The molecule has 270 valence electrons. The molecule has 10 nitrogen and oxygen atoms in total. The van der Waals surface area contributed by atoms with Crippen molar-refractivity contribution in [1.29, 1.82) is 0 Å². The van der Waals surface area contributed by atoms with Crippen LogP contribution in [0.4, 0.5) is 22.8 Å². The van der Waals surface area contributed by atoms with E-state index in [1.165, 1.54) is 15.9 Å². The Hall–Kier alpha value is -4.33. The van der Waals surface area contributed by atoms with Crippen molar-refractivity contribution in [2.75, 3.05) is 45.9 Å². The van der Waals surface area contributed by atoms with E-state index in [4.69, 9.17) is 32.9 Å². The molecule has 0 spiro atoms. The van der Waals surface area contributed by atoms with E-state index in [0.29, 0.717) is 41.5 Å². The van der Waals surface area contributed by atoms with E-state index in [1.807, 2.05) is 0 Å². The number of nitrogens with zero attached hydrogens (tertiary/aromatic N) is 4. The summed E-state index contributed by atoms with van der Waals surface area (Å²) in [5, 5.41) is 6.69. The van der Waals surface area contributed by atoms with Crippen molar-refractivity contribution in [3.63, 3.8) is 0 Å². The van der Waals surface area contributed by atoms with Crippen LogP contribution in [-0.2, 0) is 11.0 Å². The SMILES string of the molecule is CCOc1cc(C(F)(F)F)ccc1C1=NC(c2ccc(Cl)cc2)C(c2ccc(Cl)cc2)N1C(=O)N1CCN(C(=O)NC(=O)C2CCNCC2)CC1. The number of ether oxygens (including phenoxy) is 1. The van der Waals surface area contributed by atoms with Gasteiger partial charge in [0.05, 0.1) is 23.8 Å². The highest BCUT2D eigenvalue weighted by atomic mass is 35.5. The molecule has 3 aliphatic rings. The molecule has 2 atom stereocenters. The number of amides is 5. The molecule has 3 aromatic carbocycles. The fraction of sp³-hybridized carbons (Fsp3) is 0.389. The van der Waals surface area contributed by atoms with Crippen molar-refractivity contribution in [2.24, 2.45) is 10.9 Å². The number of carbonyl (C=O) groups excluding carboxylic acids is 3. The number of carbonyl (C=O) groups is 3. The zero-order valence-corrected chi connectivity index (χ0v) is 29.3. The second-order valence-electron chi connectivity index (χ2n) is 12.5. The number of urea groups is 2. The van der Waals surface area contributed by atoms with E-state index in [0.717, 1.165) is 17.7 Å². The van der Waals surface area contributed by atoms with Crippen LogP contribution in [0.25, 0.3) is 0 Å². The predicted octanol–water partition coefficient (Wildman–Crippen LogP) is 6.93. The standard InChI is InChI=1S/C36H37Cl2F3N6O4/c1-2-51-29-21-25(36(39,40)41)7-12-28(29)32-43-30(22-3-8-26(37)9-4-22)31(23-5-10-27(38)11-6-23)47(32)35(50)46-19-17-45(18-20-46)34(49)44-33(48)24-13-15-42-16-14-24/h3-12,21,24,30-31,42H,2,13-20H2,1H3,(H,44,48,49). The van der Waals surface area contributed by atoms with Gasteiger partial charge in [0.1, 0.15) is 17.6 Å². The molecular formula is C36H37Cl2F3N6O4. The molecule has 15 heteroatoms. The van der Waals surface area contributed by atoms with Gasteiger partial charge in [-0.1, -0.05) is 47.5 Å². The highest BCUT2D eigenvalue weighted by molar-refractivity contribution is 6.30. The summed E-state index contributed by atoms with van der Waals surface area (Å²) in [6, 6.07) is 14.7. The molecule has 0 radical (unpaired) electrons. The maximum Gasteiger partial charge on any atom is 0.416 e. The first-order valence-electron chi connectivity index (χ1n) is 16.8. The molecule has 0 bridgehead atoms. The highest BCUT2D eigenvalue weighted by Crippen LogP contribution is 2.46. The summed E-state index contributed by atoms with van der Waals surface area (Å²) >= 11 is 12.5. The number of halogens is 5. The van der Waals surface area contributed by atoms with Gasteiger partial charge >= 0.3 is 18.2 Å². The molecule has 3 aromatic rings. The zero-order valence-electron chi connectivity index (χ0n) is 27.8. The van der Waals surface area contributed by atoms with Gasteiger partial charge in [0.15, 0.2) is 0 Å². The molecule has 6 rings (SSSR count). The molecule has 3 heterocycles. The zero-order chi connectivity index (χ0) is 36.3. The van der Waals surface area contributed by atoms with Gasteiger partial charge < -0.3 is 19.9 Å². The first kappa shape index (κ1) is 36.5. The molecule has 5 amide bonds. The third-order valence-corrected chi connectivity index (χ3v) is 9.83. The minimum atomic E-state index is -4.63. The number of benzene rings is 3. The quantitative estimate of drug-likeness (QED) is 0.285. The van der Waals surface area contributed by atoms with E-state index < -0.39 is 35.9 Å². The second-order valence-corrected chi connectivity index (χ2v) is 13.4. The monoisotopic (exact) mass is 744 g/mol. The number of imide groups is 1. The van der Waals surface area contributed by atoms with Gasteiger partial charge in [0, 0.05) is 42.1 Å². The van der Waals surface area contributed by atoms with Crippen LogP contribution < -0.4 is 15.4 Å². The van der Waals surface area contributed by atoms with E-state index in [1.54, 1.807) is 60.4 Å². The number of piperidine rings is 1.